The van der Waals surface area contributed by atoms with E-state index in [1.165, 1.54) is 30.3 Å². The number of hydrogen-bond acceptors (Lipinski definition) is 8. The highest BCUT2D eigenvalue weighted by molar-refractivity contribution is 7.22. The molecule has 12 heteroatoms. The third kappa shape index (κ3) is 9.40. The van der Waals surface area contributed by atoms with Gasteiger partial charge in [0.05, 0.1) is 43.3 Å². The molecule has 5 aromatic rings. The summed E-state index contributed by atoms with van der Waals surface area (Å²) in [5.74, 6) is -1.85. The molecular formula is C39H40F2N4O5S. The van der Waals surface area contributed by atoms with Crippen LogP contribution < -0.4 is 16.0 Å². The molecule has 9 nitrogen and oxygen atoms in total. The van der Waals surface area contributed by atoms with Crippen LogP contribution in [-0.2, 0) is 36.8 Å². The summed E-state index contributed by atoms with van der Waals surface area (Å²) in [6.45, 7) is 4.33. The predicted molar refractivity (Wildman–Crippen MR) is 195 cm³/mol. The van der Waals surface area contributed by atoms with Crippen molar-refractivity contribution >= 4 is 44.7 Å². The molecule has 1 aliphatic rings. The highest BCUT2D eigenvalue weighted by Gasteiger charge is 2.56. The molecular weight excluding hydrogens is 675 g/mol. The monoisotopic (exact) mass is 714 g/mol. The van der Waals surface area contributed by atoms with E-state index < -0.39 is 28.9 Å². The number of benzene rings is 3. The number of carbonyl (C=O) groups is 2. The van der Waals surface area contributed by atoms with E-state index in [0.29, 0.717) is 63.5 Å². The van der Waals surface area contributed by atoms with Crippen molar-refractivity contribution in [2.24, 2.45) is 5.41 Å². The first-order valence-electron chi connectivity index (χ1n) is 16.8. The Bertz CT molecular complexity index is 1950. The second-order valence-corrected chi connectivity index (χ2v) is 13.4. The van der Waals surface area contributed by atoms with E-state index in [4.69, 9.17) is 14.2 Å². The zero-order valence-electron chi connectivity index (χ0n) is 28.3. The number of carbonyl (C=O) groups excluding carboxylic acids is 2. The number of aromatic nitrogens is 1. The first kappa shape index (κ1) is 36.2. The molecule has 6 rings (SSSR count). The minimum atomic E-state index is -1.24. The van der Waals surface area contributed by atoms with Gasteiger partial charge in [-0.2, -0.15) is 0 Å². The van der Waals surface area contributed by atoms with Gasteiger partial charge in [0.25, 0.3) is 0 Å². The summed E-state index contributed by atoms with van der Waals surface area (Å²) < 4.78 is 45.5. The highest BCUT2D eigenvalue weighted by Crippen LogP contribution is 2.47. The fraction of sp³-hybridized carbons (Fsp3) is 0.308. The van der Waals surface area contributed by atoms with Crippen molar-refractivity contribution in [2.45, 2.75) is 25.8 Å². The molecule has 3 aromatic carbocycles. The van der Waals surface area contributed by atoms with Crippen LogP contribution >= 0.6 is 11.3 Å². The van der Waals surface area contributed by atoms with Crippen LogP contribution in [0.1, 0.15) is 29.5 Å². The first-order chi connectivity index (χ1) is 24.8. The van der Waals surface area contributed by atoms with E-state index in [1.54, 1.807) is 36.8 Å². The van der Waals surface area contributed by atoms with E-state index in [9.17, 15) is 14.0 Å². The van der Waals surface area contributed by atoms with Crippen LogP contribution in [0.2, 0.25) is 0 Å². The number of thiophene rings is 1. The lowest BCUT2D eigenvalue weighted by atomic mass is 10.0. The molecule has 0 aliphatic heterocycles. The highest BCUT2D eigenvalue weighted by atomic mass is 32.1. The van der Waals surface area contributed by atoms with Crippen LogP contribution in [0.25, 0.3) is 20.7 Å². The fourth-order valence-electron chi connectivity index (χ4n) is 5.59. The van der Waals surface area contributed by atoms with E-state index in [0.717, 1.165) is 44.9 Å². The lowest BCUT2D eigenvalue weighted by Gasteiger charge is -2.16. The zero-order valence-corrected chi connectivity index (χ0v) is 29.1. The van der Waals surface area contributed by atoms with Gasteiger partial charge in [-0.15, -0.1) is 11.3 Å². The van der Waals surface area contributed by atoms with Gasteiger partial charge in [-0.1, -0.05) is 30.3 Å². The third-order valence-corrected chi connectivity index (χ3v) is 9.95. The van der Waals surface area contributed by atoms with Gasteiger partial charge < -0.3 is 30.2 Å². The molecule has 0 radical (unpaired) electrons. The average molecular weight is 715 g/mol. The number of nitrogens with one attached hydrogen (secondary N) is 3. The van der Waals surface area contributed by atoms with Crippen molar-refractivity contribution < 1.29 is 32.6 Å². The molecule has 0 unspecified atom stereocenters. The second-order valence-electron chi connectivity index (χ2n) is 12.4. The van der Waals surface area contributed by atoms with Crippen LogP contribution in [0, 0.1) is 17.0 Å². The van der Waals surface area contributed by atoms with Crippen molar-refractivity contribution in [3.63, 3.8) is 0 Å². The number of anilines is 2. The van der Waals surface area contributed by atoms with Crippen LogP contribution in [0.15, 0.2) is 85.1 Å². The van der Waals surface area contributed by atoms with Crippen LogP contribution in [-0.4, -0.2) is 63.5 Å². The van der Waals surface area contributed by atoms with Gasteiger partial charge in [0.2, 0.25) is 11.8 Å². The van der Waals surface area contributed by atoms with E-state index in [-0.39, 0.29) is 5.69 Å². The molecule has 0 spiro atoms. The molecule has 51 heavy (non-hydrogen) atoms. The fourth-order valence-corrected chi connectivity index (χ4v) is 6.72. The van der Waals surface area contributed by atoms with Crippen LogP contribution in [0.4, 0.5) is 20.2 Å². The number of fused-ring (bicyclic) bond motifs is 1. The van der Waals surface area contributed by atoms with Gasteiger partial charge in [-0.3, -0.25) is 14.6 Å². The standard InChI is InChI=1S/C39H40F2N4O5S/c1-48-18-19-50-21-20-49-17-16-42-25-26-2-4-27(5-3-26)35-24-34-36(51-35)29(12-15-43-34)22-28-6-9-32(23-33(28)41)45-38(47)39(13-14-39)37(46)44-31-10-7-30(40)8-11-31/h2-12,15,23-24,42H,13-14,16-22,25H2,1H3,(H,44,46)(H,45,47). The Labute approximate surface area is 299 Å². The topological polar surface area (TPSA) is 111 Å². The summed E-state index contributed by atoms with van der Waals surface area (Å²) in [5.41, 5.74) is 3.94. The zero-order chi connectivity index (χ0) is 35.6. The molecule has 1 fully saturated rings. The Kier molecular flexibility index (Phi) is 12.1. The largest absolute Gasteiger partial charge is 0.382 e. The quantitative estimate of drug-likeness (QED) is 0.0665. The number of ether oxygens (including phenoxy) is 3. The molecule has 0 saturated heterocycles. The maximum atomic E-state index is 15.4. The van der Waals surface area contributed by atoms with Crippen LogP contribution in [0.3, 0.4) is 0 Å². The number of nitrogens with zero attached hydrogens (tertiary/aromatic N) is 1. The Morgan fingerprint density at radius 1 is 0.804 bits per heavy atom. The number of rotatable bonds is 18. The lowest BCUT2D eigenvalue weighted by molar-refractivity contribution is -0.131. The number of hydrogen-bond donors (Lipinski definition) is 3. The Hall–Kier alpha value is -4.59. The van der Waals surface area contributed by atoms with Gasteiger partial charge >= 0.3 is 0 Å². The summed E-state index contributed by atoms with van der Waals surface area (Å²) in [4.78, 5) is 31.6. The summed E-state index contributed by atoms with van der Waals surface area (Å²) in [6, 6.07) is 22.3. The molecule has 0 bridgehead atoms. The second kappa shape index (κ2) is 17.1. The van der Waals surface area contributed by atoms with Crippen molar-refractivity contribution in [2.75, 3.05) is 57.3 Å². The maximum absolute atomic E-state index is 15.4. The number of halogens is 2. The number of amides is 2. The normalized spacial score (nSPS) is 13.3. The lowest BCUT2D eigenvalue weighted by Crippen LogP contribution is -2.35. The molecule has 1 aliphatic carbocycles. The number of methoxy groups -OCH3 is 1. The first-order valence-corrected chi connectivity index (χ1v) is 17.6. The van der Waals surface area contributed by atoms with Gasteiger partial charge in [0, 0.05) is 49.1 Å². The van der Waals surface area contributed by atoms with Crippen LogP contribution in [0.5, 0.6) is 0 Å². The summed E-state index contributed by atoms with van der Waals surface area (Å²) in [6.07, 6.45) is 2.83. The smallest absolute Gasteiger partial charge is 0.240 e. The van der Waals surface area contributed by atoms with Gasteiger partial charge in [0.1, 0.15) is 17.0 Å². The third-order valence-electron chi connectivity index (χ3n) is 8.70. The average Bonchev–Trinajstić information content (AvgIpc) is 3.84. The van der Waals surface area contributed by atoms with Crippen molar-refractivity contribution in [3.8, 4) is 10.4 Å². The molecule has 266 valence electrons. The summed E-state index contributed by atoms with van der Waals surface area (Å²) >= 11 is 1.62. The minimum Gasteiger partial charge on any atom is -0.382 e. The summed E-state index contributed by atoms with van der Waals surface area (Å²) in [5, 5.41) is 8.78. The molecule has 2 amide bonds. The molecule has 2 aromatic heterocycles. The Morgan fingerprint density at radius 3 is 2.20 bits per heavy atom. The van der Waals surface area contributed by atoms with Gasteiger partial charge in [-0.25, -0.2) is 8.78 Å². The Morgan fingerprint density at radius 2 is 1.49 bits per heavy atom. The van der Waals surface area contributed by atoms with Crippen molar-refractivity contribution in [1.29, 1.82) is 0 Å². The SMILES string of the molecule is COCCOCCOCCNCc1ccc(-c2cc3nccc(Cc4ccc(NC(=O)C5(C(=O)Nc6ccc(F)cc6)CC5)cc4F)c3s2)cc1. The summed E-state index contributed by atoms with van der Waals surface area (Å²) in [7, 11) is 1.65. The van der Waals surface area contributed by atoms with Gasteiger partial charge in [-0.05, 0) is 83.6 Å². The van der Waals surface area contributed by atoms with Gasteiger partial charge in [0.15, 0.2) is 0 Å². The van der Waals surface area contributed by atoms with Crippen molar-refractivity contribution in [1.82, 2.24) is 10.3 Å². The maximum Gasteiger partial charge on any atom is 0.240 e. The number of pyridine rings is 1. The molecule has 0 atom stereocenters. The van der Waals surface area contributed by atoms with E-state index >= 15 is 4.39 Å². The van der Waals surface area contributed by atoms with Crippen molar-refractivity contribution in [3.05, 3.63) is 113 Å². The minimum absolute atomic E-state index is 0.270. The molecule has 1 saturated carbocycles. The van der Waals surface area contributed by atoms with E-state index in [2.05, 4.69) is 51.3 Å². The Balaban J connectivity index is 1.02. The molecule has 3 N–H and O–H groups in total. The molecule has 2 heterocycles. The predicted octanol–water partition coefficient (Wildman–Crippen LogP) is 6.96. The van der Waals surface area contributed by atoms with E-state index in [1.807, 2.05) is 6.07 Å².